The molecule has 0 radical (unpaired) electrons. The third kappa shape index (κ3) is 4.39. The first-order valence-corrected chi connectivity index (χ1v) is 8.07. The minimum Gasteiger partial charge on any atom is -0.395 e. The second kappa shape index (κ2) is 7.71. The van der Waals surface area contributed by atoms with E-state index in [1.165, 1.54) is 24.8 Å². The fourth-order valence-corrected chi connectivity index (χ4v) is 3.36. The van der Waals surface area contributed by atoms with E-state index in [0.717, 1.165) is 24.0 Å². The van der Waals surface area contributed by atoms with Crippen molar-refractivity contribution in [1.29, 1.82) is 0 Å². The summed E-state index contributed by atoms with van der Waals surface area (Å²) in [5, 5.41) is 9.29. The number of carbonyl (C=O) groups is 1. The average Bonchev–Trinajstić information content (AvgIpc) is 2.47. The summed E-state index contributed by atoms with van der Waals surface area (Å²) in [6.45, 7) is 5.19. The van der Waals surface area contributed by atoms with Gasteiger partial charge in [0.15, 0.2) is 5.78 Å². The molecule has 3 heteroatoms. The highest BCUT2D eigenvalue weighted by Gasteiger charge is 2.23. The van der Waals surface area contributed by atoms with Gasteiger partial charge in [-0.05, 0) is 32.3 Å². The standard InChI is InChI=1S/C18H27NO2/c1-14-8-9-17(15(2)12-14)18(21)13-19(10-11-20)16-6-4-3-5-7-16/h8-9,12,16,20H,3-7,10-11,13H2,1-2H3. The number of ketones is 1. The zero-order valence-corrected chi connectivity index (χ0v) is 13.3. The van der Waals surface area contributed by atoms with Crippen molar-refractivity contribution in [3.8, 4) is 0 Å². The highest BCUT2D eigenvalue weighted by atomic mass is 16.3. The second-order valence-electron chi connectivity index (χ2n) is 6.23. The van der Waals surface area contributed by atoms with Crippen LogP contribution in [0, 0.1) is 13.8 Å². The van der Waals surface area contributed by atoms with Crippen LogP contribution in [-0.2, 0) is 0 Å². The molecule has 0 unspecified atom stereocenters. The Labute approximate surface area is 128 Å². The Balaban J connectivity index is 2.06. The summed E-state index contributed by atoms with van der Waals surface area (Å²) in [7, 11) is 0. The molecule has 1 N–H and O–H groups in total. The van der Waals surface area contributed by atoms with Crippen LogP contribution in [0.1, 0.15) is 53.6 Å². The van der Waals surface area contributed by atoms with E-state index in [2.05, 4.69) is 11.0 Å². The van der Waals surface area contributed by atoms with E-state index in [-0.39, 0.29) is 12.4 Å². The van der Waals surface area contributed by atoms with Gasteiger partial charge in [0.1, 0.15) is 0 Å². The maximum absolute atomic E-state index is 12.6. The third-order valence-corrected chi connectivity index (χ3v) is 4.51. The van der Waals surface area contributed by atoms with E-state index in [1.54, 1.807) is 0 Å². The Hall–Kier alpha value is -1.19. The first-order valence-electron chi connectivity index (χ1n) is 8.07. The van der Waals surface area contributed by atoms with Crippen LogP contribution in [0.15, 0.2) is 18.2 Å². The van der Waals surface area contributed by atoms with Crippen molar-refractivity contribution in [3.63, 3.8) is 0 Å². The minimum absolute atomic E-state index is 0.122. The van der Waals surface area contributed by atoms with Crippen LogP contribution in [0.2, 0.25) is 0 Å². The third-order valence-electron chi connectivity index (χ3n) is 4.51. The second-order valence-corrected chi connectivity index (χ2v) is 6.23. The fourth-order valence-electron chi connectivity index (χ4n) is 3.36. The van der Waals surface area contributed by atoms with Gasteiger partial charge in [0, 0.05) is 18.2 Å². The molecule has 0 aromatic heterocycles. The van der Waals surface area contributed by atoms with Gasteiger partial charge < -0.3 is 5.11 Å². The lowest BCUT2D eigenvalue weighted by Crippen LogP contribution is -2.42. The van der Waals surface area contributed by atoms with Gasteiger partial charge in [0.05, 0.1) is 13.2 Å². The maximum Gasteiger partial charge on any atom is 0.177 e. The van der Waals surface area contributed by atoms with Crippen LogP contribution in [-0.4, -0.2) is 41.5 Å². The van der Waals surface area contributed by atoms with Crippen molar-refractivity contribution in [1.82, 2.24) is 4.90 Å². The predicted octanol–water partition coefficient (Wildman–Crippen LogP) is 3.11. The predicted molar refractivity (Wildman–Crippen MR) is 85.8 cm³/mol. The van der Waals surface area contributed by atoms with Crippen molar-refractivity contribution in [2.24, 2.45) is 0 Å². The molecule has 1 aliphatic carbocycles. The summed E-state index contributed by atoms with van der Waals surface area (Å²) < 4.78 is 0. The van der Waals surface area contributed by atoms with E-state index in [0.29, 0.717) is 19.1 Å². The molecular weight excluding hydrogens is 262 g/mol. The number of rotatable bonds is 6. The van der Waals surface area contributed by atoms with Crippen LogP contribution in [0.25, 0.3) is 0 Å². The molecule has 0 amide bonds. The molecule has 1 aliphatic rings. The molecule has 116 valence electrons. The number of nitrogens with zero attached hydrogens (tertiary/aromatic N) is 1. The largest absolute Gasteiger partial charge is 0.395 e. The SMILES string of the molecule is Cc1ccc(C(=O)CN(CCO)C2CCCCC2)c(C)c1. The average molecular weight is 289 g/mol. The summed E-state index contributed by atoms with van der Waals surface area (Å²) in [6.07, 6.45) is 6.09. The molecule has 0 spiro atoms. The summed E-state index contributed by atoms with van der Waals surface area (Å²) in [5.41, 5.74) is 3.05. The van der Waals surface area contributed by atoms with Gasteiger partial charge in [-0.2, -0.15) is 0 Å². The highest BCUT2D eigenvalue weighted by Crippen LogP contribution is 2.23. The summed E-state index contributed by atoms with van der Waals surface area (Å²) in [6, 6.07) is 6.45. The number of hydrogen-bond donors (Lipinski definition) is 1. The monoisotopic (exact) mass is 289 g/mol. The van der Waals surface area contributed by atoms with Gasteiger partial charge in [-0.3, -0.25) is 9.69 Å². The van der Waals surface area contributed by atoms with E-state index in [1.807, 2.05) is 26.0 Å². The lowest BCUT2D eigenvalue weighted by atomic mass is 9.93. The van der Waals surface area contributed by atoms with Gasteiger partial charge in [-0.1, -0.05) is 43.0 Å². The van der Waals surface area contributed by atoms with Crippen LogP contribution < -0.4 is 0 Å². The molecule has 0 saturated heterocycles. The van der Waals surface area contributed by atoms with Crippen molar-refractivity contribution in [2.75, 3.05) is 19.7 Å². The number of aliphatic hydroxyl groups excluding tert-OH is 1. The van der Waals surface area contributed by atoms with Crippen LogP contribution in [0.5, 0.6) is 0 Å². The molecule has 2 rings (SSSR count). The van der Waals surface area contributed by atoms with Crippen LogP contribution in [0.4, 0.5) is 0 Å². The minimum atomic E-state index is 0.122. The summed E-state index contributed by atoms with van der Waals surface area (Å²) in [4.78, 5) is 14.8. The number of aryl methyl sites for hydroxylation is 2. The van der Waals surface area contributed by atoms with Crippen molar-refractivity contribution in [2.45, 2.75) is 52.0 Å². The number of benzene rings is 1. The lowest BCUT2D eigenvalue weighted by molar-refractivity contribution is 0.0814. The smallest absolute Gasteiger partial charge is 0.177 e. The highest BCUT2D eigenvalue weighted by molar-refractivity contribution is 5.99. The Bertz CT molecular complexity index is 478. The zero-order valence-electron chi connectivity index (χ0n) is 13.3. The Kier molecular flexibility index (Phi) is 5.95. The molecular formula is C18H27NO2. The molecule has 1 saturated carbocycles. The number of Topliss-reactive ketones (excluding diaryl/α,β-unsaturated/α-hetero) is 1. The van der Waals surface area contributed by atoms with E-state index in [9.17, 15) is 9.90 Å². The molecule has 1 fully saturated rings. The topological polar surface area (TPSA) is 40.5 Å². The lowest BCUT2D eigenvalue weighted by Gasteiger charge is -2.33. The van der Waals surface area contributed by atoms with E-state index in [4.69, 9.17) is 0 Å². The first-order chi connectivity index (χ1) is 10.1. The molecule has 0 atom stereocenters. The zero-order chi connectivity index (χ0) is 15.2. The molecule has 3 nitrogen and oxygen atoms in total. The van der Waals surface area contributed by atoms with E-state index >= 15 is 0 Å². The Morgan fingerprint density at radius 3 is 2.57 bits per heavy atom. The van der Waals surface area contributed by atoms with Crippen molar-refractivity contribution >= 4 is 5.78 Å². The molecule has 0 bridgehead atoms. The Morgan fingerprint density at radius 2 is 1.95 bits per heavy atom. The number of hydrogen-bond acceptors (Lipinski definition) is 3. The van der Waals surface area contributed by atoms with Crippen LogP contribution >= 0.6 is 0 Å². The van der Waals surface area contributed by atoms with Gasteiger partial charge in [-0.25, -0.2) is 0 Å². The number of aliphatic hydroxyl groups is 1. The van der Waals surface area contributed by atoms with Gasteiger partial charge in [0.2, 0.25) is 0 Å². The van der Waals surface area contributed by atoms with Gasteiger partial charge in [-0.15, -0.1) is 0 Å². The molecule has 21 heavy (non-hydrogen) atoms. The van der Waals surface area contributed by atoms with Crippen molar-refractivity contribution < 1.29 is 9.90 Å². The maximum atomic E-state index is 12.6. The number of carbonyl (C=O) groups excluding carboxylic acids is 1. The van der Waals surface area contributed by atoms with Crippen molar-refractivity contribution in [3.05, 3.63) is 34.9 Å². The Morgan fingerprint density at radius 1 is 1.24 bits per heavy atom. The quantitative estimate of drug-likeness (QED) is 0.818. The van der Waals surface area contributed by atoms with Gasteiger partial charge >= 0.3 is 0 Å². The summed E-state index contributed by atoms with van der Waals surface area (Å²) >= 11 is 0. The molecule has 1 aromatic carbocycles. The van der Waals surface area contributed by atoms with Crippen LogP contribution in [0.3, 0.4) is 0 Å². The summed E-state index contributed by atoms with van der Waals surface area (Å²) in [5.74, 6) is 0.173. The fraction of sp³-hybridized carbons (Fsp3) is 0.611. The molecule has 0 heterocycles. The first kappa shape index (κ1) is 16.2. The van der Waals surface area contributed by atoms with Gasteiger partial charge in [0.25, 0.3) is 0 Å². The van der Waals surface area contributed by atoms with E-state index < -0.39 is 0 Å². The molecule has 0 aliphatic heterocycles. The molecule has 1 aromatic rings. The normalized spacial score (nSPS) is 16.4.